The first-order valence-corrected chi connectivity index (χ1v) is 10.6. The lowest BCUT2D eigenvalue weighted by atomic mass is 10.0. The van der Waals surface area contributed by atoms with Gasteiger partial charge < -0.3 is 5.32 Å². The van der Waals surface area contributed by atoms with Crippen molar-refractivity contribution >= 4 is 27.3 Å². The molecule has 0 aromatic carbocycles. The third-order valence-corrected chi connectivity index (χ3v) is 6.95. The highest BCUT2D eigenvalue weighted by atomic mass is 32.2. The minimum atomic E-state index is -3.15. The summed E-state index contributed by atoms with van der Waals surface area (Å²) in [5, 5.41) is 5.65. The molecule has 6 nitrogen and oxygen atoms in total. The maximum absolute atomic E-state index is 12.4. The van der Waals surface area contributed by atoms with E-state index in [0.717, 1.165) is 30.0 Å². The molecule has 1 atom stereocenters. The number of thiazole rings is 1. The molecule has 1 aliphatic heterocycles. The SMILES string of the molecule is CCCCS(=O)(=O)N1CCCC(c2nc(CNC(C)=O)cs2)C1. The van der Waals surface area contributed by atoms with Crippen LogP contribution in [0, 0.1) is 0 Å². The molecule has 0 saturated carbocycles. The van der Waals surface area contributed by atoms with Crippen molar-refractivity contribution < 1.29 is 13.2 Å². The number of unbranched alkanes of at least 4 members (excludes halogenated alkanes) is 1. The molecular formula is C15H25N3O3S2. The van der Waals surface area contributed by atoms with Crippen LogP contribution < -0.4 is 5.32 Å². The number of piperidine rings is 1. The topological polar surface area (TPSA) is 79.4 Å². The fourth-order valence-corrected chi connectivity index (χ4v) is 5.33. The van der Waals surface area contributed by atoms with Crippen LogP contribution in [0.25, 0.3) is 0 Å². The van der Waals surface area contributed by atoms with Gasteiger partial charge in [-0.1, -0.05) is 13.3 Å². The molecule has 1 saturated heterocycles. The predicted molar refractivity (Wildman–Crippen MR) is 91.9 cm³/mol. The molecule has 1 aliphatic rings. The number of nitrogens with zero attached hydrogens (tertiary/aromatic N) is 2. The van der Waals surface area contributed by atoms with E-state index in [1.54, 1.807) is 15.6 Å². The van der Waals surface area contributed by atoms with Crippen LogP contribution in [0.3, 0.4) is 0 Å². The van der Waals surface area contributed by atoms with Gasteiger partial charge in [-0.2, -0.15) is 0 Å². The third-order valence-electron chi connectivity index (χ3n) is 3.97. The first-order chi connectivity index (χ1) is 10.9. The summed E-state index contributed by atoms with van der Waals surface area (Å²) in [6, 6.07) is 0. The molecule has 0 bridgehead atoms. The Balaban J connectivity index is 1.99. The lowest BCUT2D eigenvalue weighted by molar-refractivity contribution is -0.119. The average Bonchev–Trinajstić information content (AvgIpc) is 3.00. The Morgan fingerprint density at radius 1 is 1.52 bits per heavy atom. The minimum Gasteiger partial charge on any atom is -0.351 e. The average molecular weight is 360 g/mol. The maximum Gasteiger partial charge on any atom is 0.217 e. The molecule has 2 heterocycles. The van der Waals surface area contributed by atoms with Crippen molar-refractivity contribution in [3.63, 3.8) is 0 Å². The second kappa shape index (κ2) is 8.21. The lowest BCUT2D eigenvalue weighted by Crippen LogP contribution is -2.40. The van der Waals surface area contributed by atoms with Crippen molar-refractivity contribution in [1.82, 2.24) is 14.6 Å². The standard InChI is InChI=1S/C15H25N3O3S2/c1-3-4-8-23(20,21)18-7-5-6-13(10-18)15-17-14(11-22-15)9-16-12(2)19/h11,13H,3-10H2,1-2H3,(H,16,19). The Kier molecular flexibility index (Phi) is 6.55. The van der Waals surface area contributed by atoms with Gasteiger partial charge in [0.05, 0.1) is 23.0 Å². The van der Waals surface area contributed by atoms with Crippen LogP contribution in [-0.2, 0) is 21.4 Å². The first-order valence-electron chi connectivity index (χ1n) is 8.09. The zero-order chi connectivity index (χ0) is 16.9. The van der Waals surface area contributed by atoms with Gasteiger partial charge in [-0.25, -0.2) is 17.7 Å². The number of aromatic nitrogens is 1. The smallest absolute Gasteiger partial charge is 0.217 e. The van der Waals surface area contributed by atoms with Gasteiger partial charge in [0.15, 0.2) is 0 Å². The Hall–Kier alpha value is -0.990. The first kappa shape index (κ1) is 18.4. The van der Waals surface area contributed by atoms with E-state index in [-0.39, 0.29) is 17.6 Å². The number of hydrogen-bond donors (Lipinski definition) is 1. The zero-order valence-electron chi connectivity index (χ0n) is 13.7. The van der Waals surface area contributed by atoms with Crippen LogP contribution in [0.2, 0.25) is 0 Å². The summed E-state index contributed by atoms with van der Waals surface area (Å²) in [5.41, 5.74) is 0.839. The fourth-order valence-electron chi connectivity index (χ4n) is 2.66. The summed E-state index contributed by atoms with van der Waals surface area (Å²) >= 11 is 1.55. The normalized spacial score (nSPS) is 19.7. The molecule has 1 unspecified atom stereocenters. The second-order valence-corrected chi connectivity index (χ2v) is 8.93. The van der Waals surface area contributed by atoms with Gasteiger partial charge in [0.2, 0.25) is 15.9 Å². The summed E-state index contributed by atoms with van der Waals surface area (Å²) in [6.45, 7) is 5.05. The molecule has 1 fully saturated rings. The number of hydrogen-bond acceptors (Lipinski definition) is 5. The highest BCUT2D eigenvalue weighted by molar-refractivity contribution is 7.89. The number of nitrogens with one attached hydrogen (secondary N) is 1. The number of carbonyl (C=O) groups excluding carboxylic acids is 1. The van der Waals surface area contributed by atoms with E-state index < -0.39 is 10.0 Å². The minimum absolute atomic E-state index is 0.0783. The Bertz CT molecular complexity index is 628. The van der Waals surface area contributed by atoms with Crippen LogP contribution in [0.5, 0.6) is 0 Å². The van der Waals surface area contributed by atoms with Crippen molar-refractivity contribution in [2.24, 2.45) is 0 Å². The molecule has 1 N–H and O–H groups in total. The predicted octanol–water partition coefficient (Wildman–Crippen LogP) is 2.09. The molecule has 1 aromatic rings. The molecule has 0 spiro atoms. The van der Waals surface area contributed by atoms with E-state index in [1.165, 1.54) is 6.92 Å². The molecule has 23 heavy (non-hydrogen) atoms. The molecule has 0 radical (unpaired) electrons. The number of sulfonamides is 1. The Morgan fingerprint density at radius 2 is 2.30 bits per heavy atom. The van der Waals surface area contributed by atoms with Crippen LogP contribution in [0.15, 0.2) is 5.38 Å². The molecule has 8 heteroatoms. The molecule has 2 rings (SSSR count). The molecule has 1 aromatic heterocycles. The summed E-state index contributed by atoms with van der Waals surface area (Å²) < 4.78 is 26.4. The summed E-state index contributed by atoms with van der Waals surface area (Å²) in [7, 11) is -3.15. The van der Waals surface area contributed by atoms with Crippen LogP contribution in [0.4, 0.5) is 0 Å². The number of amides is 1. The van der Waals surface area contributed by atoms with E-state index in [1.807, 2.05) is 12.3 Å². The summed E-state index contributed by atoms with van der Waals surface area (Å²) in [4.78, 5) is 15.5. The molecule has 130 valence electrons. The van der Waals surface area contributed by atoms with E-state index in [9.17, 15) is 13.2 Å². The summed E-state index contributed by atoms with van der Waals surface area (Å²) in [6.07, 6.45) is 3.43. The largest absolute Gasteiger partial charge is 0.351 e. The van der Waals surface area contributed by atoms with E-state index >= 15 is 0 Å². The van der Waals surface area contributed by atoms with Crippen molar-refractivity contribution in [3.05, 3.63) is 16.1 Å². The van der Waals surface area contributed by atoms with Crippen molar-refractivity contribution in [2.75, 3.05) is 18.8 Å². The number of carbonyl (C=O) groups is 1. The Labute approximate surface area is 142 Å². The zero-order valence-corrected chi connectivity index (χ0v) is 15.4. The quantitative estimate of drug-likeness (QED) is 0.808. The summed E-state index contributed by atoms with van der Waals surface area (Å²) in [5.74, 6) is 0.323. The second-order valence-electron chi connectivity index (χ2n) is 5.95. The van der Waals surface area contributed by atoms with Crippen molar-refractivity contribution in [3.8, 4) is 0 Å². The Morgan fingerprint density at radius 3 is 3.00 bits per heavy atom. The fraction of sp³-hybridized carbons (Fsp3) is 0.733. The van der Waals surface area contributed by atoms with Gasteiger partial charge in [-0.3, -0.25) is 4.79 Å². The van der Waals surface area contributed by atoms with Gasteiger partial charge in [0, 0.05) is 31.3 Å². The third kappa shape index (κ3) is 5.26. The van der Waals surface area contributed by atoms with Crippen LogP contribution >= 0.6 is 11.3 Å². The van der Waals surface area contributed by atoms with E-state index in [4.69, 9.17) is 0 Å². The van der Waals surface area contributed by atoms with Crippen molar-refractivity contribution in [1.29, 1.82) is 0 Å². The lowest BCUT2D eigenvalue weighted by Gasteiger charge is -2.31. The molecule has 0 aliphatic carbocycles. The van der Waals surface area contributed by atoms with Gasteiger partial charge in [0.1, 0.15) is 0 Å². The van der Waals surface area contributed by atoms with E-state index in [0.29, 0.717) is 26.1 Å². The van der Waals surface area contributed by atoms with E-state index in [2.05, 4.69) is 10.3 Å². The van der Waals surface area contributed by atoms with Gasteiger partial charge in [-0.05, 0) is 19.3 Å². The van der Waals surface area contributed by atoms with Gasteiger partial charge in [-0.15, -0.1) is 11.3 Å². The highest BCUT2D eigenvalue weighted by Gasteiger charge is 2.30. The monoisotopic (exact) mass is 359 g/mol. The van der Waals surface area contributed by atoms with Crippen LogP contribution in [-0.4, -0.2) is 42.5 Å². The molecule has 1 amide bonds. The molecular weight excluding hydrogens is 334 g/mol. The van der Waals surface area contributed by atoms with Gasteiger partial charge in [0.25, 0.3) is 0 Å². The highest BCUT2D eigenvalue weighted by Crippen LogP contribution is 2.30. The van der Waals surface area contributed by atoms with Crippen molar-refractivity contribution in [2.45, 2.75) is 52.0 Å². The van der Waals surface area contributed by atoms with Gasteiger partial charge >= 0.3 is 0 Å². The number of rotatable bonds is 7. The van der Waals surface area contributed by atoms with Crippen LogP contribution in [0.1, 0.15) is 56.2 Å². The maximum atomic E-state index is 12.4.